The molecule has 1 aliphatic rings. The summed E-state index contributed by atoms with van der Waals surface area (Å²) in [5, 5.41) is 4.21. The van der Waals surface area contributed by atoms with Gasteiger partial charge in [0.25, 0.3) is 0 Å². The zero-order chi connectivity index (χ0) is 21.8. The minimum Gasteiger partial charge on any atom is -0.355 e. The molecular weight excluding hydrogens is 400 g/mol. The molecule has 4 heterocycles. The molecule has 0 unspecified atom stereocenters. The second-order valence-corrected chi connectivity index (χ2v) is 8.34. The predicted molar refractivity (Wildman–Crippen MR) is 125 cm³/mol. The third-order valence-electron chi connectivity index (χ3n) is 6.06. The van der Waals surface area contributed by atoms with E-state index in [1.165, 1.54) is 5.56 Å². The maximum absolute atomic E-state index is 12.4. The van der Waals surface area contributed by atoms with E-state index in [1.54, 1.807) is 0 Å². The zero-order valence-electron chi connectivity index (χ0n) is 18.2. The number of carbonyl (C=O) groups is 1. The normalized spacial score (nSPS) is 15.4. The number of amides is 1. The van der Waals surface area contributed by atoms with E-state index < -0.39 is 0 Å². The van der Waals surface area contributed by atoms with Gasteiger partial charge in [0.1, 0.15) is 5.65 Å². The summed E-state index contributed by atoms with van der Waals surface area (Å²) in [5.41, 5.74) is 4.26. The lowest BCUT2D eigenvalue weighted by Crippen LogP contribution is -2.49. The van der Waals surface area contributed by atoms with Gasteiger partial charge in [-0.25, -0.2) is 4.98 Å². The molecule has 32 heavy (non-hydrogen) atoms. The number of nitrogens with zero attached hydrogens (tertiary/aromatic N) is 5. The summed E-state index contributed by atoms with van der Waals surface area (Å²) in [6.45, 7) is 5.62. The number of pyridine rings is 2. The molecule has 1 fully saturated rings. The lowest BCUT2D eigenvalue weighted by atomic mass is 10.1. The van der Waals surface area contributed by atoms with Gasteiger partial charge in [-0.3, -0.25) is 19.6 Å². The van der Waals surface area contributed by atoms with Crippen LogP contribution < -0.4 is 5.32 Å². The number of benzene rings is 1. The van der Waals surface area contributed by atoms with Crippen molar-refractivity contribution in [2.75, 3.05) is 39.3 Å². The highest BCUT2D eigenvalue weighted by atomic mass is 16.2. The van der Waals surface area contributed by atoms with Gasteiger partial charge in [0.05, 0.1) is 17.8 Å². The van der Waals surface area contributed by atoms with E-state index in [-0.39, 0.29) is 5.91 Å². The van der Waals surface area contributed by atoms with E-state index in [9.17, 15) is 4.79 Å². The van der Waals surface area contributed by atoms with E-state index in [2.05, 4.69) is 48.9 Å². The molecule has 0 aliphatic carbocycles. The molecule has 4 aromatic rings. The molecule has 0 bridgehead atoms. The summed E-state index contributed by atoms with van der Waals surface area (Å²) < 4.78 is 2.06. The molecule has 1 aromatic carbocycles. The minimum atomic E-state index is 0.0898. The molecule has 1 amide bonds. The second-order valence-electron chi connectivity index (χ2n) is 8.34. The number of para-hydroxylation sites is 1. The Morgan fingerprint density at radius 2 is 1.81 bits per heavy atom. The Kier molecular flexibility index (Phi) is 6.09. The van der Waals surface area contributed by atoms with Crippen LogP contribution in [0.5, 0.6) is 0 Å². The lowest BCUT2D eigenvalue weighted by molar-refractivity contribution is -0.122. The number of piperazine rings is 1. The number of carbonyl (C=O) groups excluding carboxylic acids is 1. The van der Waals surface area contributed by atoms with E-state index in [0.717, 1.165) is 61.4 Å². The Morgan fingerprint density at radius 1 is 0.969 bits per heavy atom. The predicted octanol–water partition coefficient (Wildman–Crippen LogP) is 2.36. The Labute approximate surface area is 187 Å². The van der Waals surface area contributed by atoms with Gasteiger partial charge in [-0.2, -0.15) is 0 Å². The van der Waals surface area contributed by atoms with Crippen LogP contribution in [0.25, 0.3) is 16.6 Å². The number of aromatic nitrogens is 3. The average molecular weight is 429 g/mol. The first-order valence-corrected chi connectivity index (χ1v) is 11.2. The first-order valence-electron chi connectivity index (χ1n) is 11.2. The topological polar surface area (TPSA) is 65.8 Å². The van der Waals surface area contributed by atoms with Crippen LogP contribution in [0.2, 0.25) is 0 Å². The van der Waals surface area contributed by atoms with Crippen LogP contribution in [-0.4, -0.2) is 69.3 Å². The molecule has 5 rings (SSSR count). The van der Waals surface area contributed by atoms with Crippen molar-refractivity contribution in [3.05, 3.63) is 78.4 Å². The SMILES string of the molecule is O=C(CN1CCN(Cc2cn3ccccc3n2)CC1)NCCc1cccc2cccnc12. The summed E-state index contributed by atoms with van der Waals surface area (Å²) >= 11 is 0. The van der Waals surface area contributed by atoms with Gasteiger partial charge in [0.2, 0.25) is 5.91 Å². The molecule has 7 heteroatoms. The van der Waals surface area contributed by atoms with Crippen molar-refractivity contribution in [1.29, 1.82) is 0 Å². The third-order valence-corrected chi connectivity index (χ3v) is 6.06. The molecule has 0 atom stereocenters. The molecule has 3 aromatic heterocycles. The summed E-state index contributed by atoms with van der Waals surface area (Å²) in [6.07, 6.45) is 6.73. The fourth-order valence-corrected chi connectivity index (χ4v) is 4.36. The van der Waals surface area contributed by atoms with Crippen LogP contribution in [0.1, 0.15) is 11.3 Å². The molecule has 1 N–H and O–H groups in total. The summed E-state index contributed by atoms with van der Waals surface area (Å²) in [4.78, 5) is 26.3. The van der Waals surface area contributed by atoms with Crippen LogP contribution in [0.4, 0.5) is 0 Å². The van der Waals surface area contributed by atoms with Crippen molar-refractivity contribution in [2.45, 2.75) is 13.0 Å². The number of nitrogens with one attached hydrogen (secondary N) is 1. The van der Waals surface area contributed by atoms with Gasteiger partial charge in [-0.05, 0) is 30.2 Å². The maximum Gasteiger partial charge on any atom is 0.234 e. The Hall–Kier alpha value is -3.29. The molecular formula is C25H28N6O. The van der Waals surface area contributed by atoms with Gasteiger partial charge < -0.3 is 9.72 Å². The smallest absolute Gasteiger partial charge is 0.234 e. The van der Waals surface area contributed by atoms with Gasteiger partial charge in [-0.1, -0.05) is 30.3 Å². The van der Waals surface area contributed by atoms with Crippen molar-refractivity contribution in [3.63, 3.8) is 0 Å². The van der Waals surface area contributed by atoms with Crippen LogP contribution in [0.15, 0.2) is 67.1 Å². The van der Waals surface area contributed by atoms with Crippen LogP contribution in [0.3, 0.4) is 0 Å². The van der Waals surface area contributed by atoms with Gasteiger partial charge in [0.15, 0.2) is 0 Å². The van der Waals surface area contributed by atoms with E-state index in [4.69, 9.17) is 4.98 Å². The van der Waals surface area contributed by atoms with E-state index >= 15 is 0 Å². The second kappa shape index (κ2) is 9.46. The minimum absolute atomic E-state index is 0.0898. The van der Waals surface area contributed by atoms with Crippen molar-refractivity contribution in [3.8, 4) is 0 Å². The molecule has 0 saturated carbocycles. The number of fused-ring (bicyclic) bond motifs is 2. The summed E-state index contributed by atoms with van der Waals surface area (Å²) in [7, 11) is 0. The molecule has 0 radical (unpaired) electrons. The first-order chi connectivity index (χ1) is 15.7. The Bertz CT molecular complexity index is 1170. The highest BCUT2D eigenvalue weighted by Gasteiger charge is 2.19. The van der Waals surface area contributed by atoms with E-state index in [0.29, 0.717) is 13.1 Å². The number of hydrogen-bond acceptors (Lipinski definition) is 5. The third kappa shape index (κ3) is 4.79. The van der Waals surface area contributed by atoms with Crippen molar-refractivity contribution in [1.82, 2.24) is 29.5 Å². The zero-order valence-corrected chi connectivity index (χ0v) is 18.2. The number of imidazole rings is 1. The monoisotopic (exact) mass is 428 g/mol. The number of rotatable bonds is 7. The highest BCUT2D eigenvalue weighted by Crippen LogP contribution is 2.16. The van der Waals surface area contributed by atoms with Crippen LogP contribution >= 0.6 is 0 Å². The highest BCUT2D eigenvalue weighted by molar-refractivity contribution is 5.82. The molecule has 1 aliphatic heterocycles. The van der Waals surface area contributed by atoms with Crippen LogP contribution in [-0.2, 0) is 17.8 Å². The largest absolute Gasteiger partial charge is 0.355 e. The summed E-state index contributed by atoms with van der Waals surface area (Å²) in [5.74, 6) is 0.0898. The summed E-state index contributed by atoms with van der Waals surface area (Å²) in [6, 6.07) is 16.3. The van der Waals surface area contributed by atoms with Gasteiger partial charge >= 0.3 is 0 Å². The van der Waals surface area contributed by atoms with Gasteiger partial charge in [0, 0.05) is 63.2 Å². The Balaban J connectivity index is 1.05. The molecule has 7 nitrogen and oxygen atoms in total. The van der Waals surface area contributed by atoms with Gasteiger partial charge in [-0.15, -0.1) is 0 Å². The Morgan fingerprint density at radius 3 is 2.69 bits per heavy atom. The fraction of sp³-hybridized carbons (Fsp3) is 0.320. The molecule has 164 valence electrons. The van der Waals surface area contributed by atoms with Crippen LogP contribution in [0, 0.1) is 0 Å². The van der Waals surface area contributed by atoms with Crippen molar-refractivity contribution < 1.29 is 4.79 Å². The first kappa shape index (κ1) is 20.6. The maximum atomic E-state index is 12.4. The molecule has 0 spiro atoms. The lowest BCUT2D eigenvalue weighted by Gasteiger charge is -2.33. The number of hydrogen-bond donors (Lipinski definition) is 1. The average Bonchev–Trinajstić information content (AvgIpc) is 3.23. The van der Waals surface area contributed by atoms with E-state index in [1.807, 2.05) is 42.7 Å². The standard InChI is InChI=1S/C25H28N6O/c32-24(26-11-9-21-6-3-5-20-7-4-10-27-25(20)21)19-30-15-13-29(14-16-30)17-22-18-31-12-2-1-8-23(31)28-22/h1-8,10,12,18H,9,11,13-17,19H2,(H,26,32). The quantitative estimate of drug-likeness (QED) is 0.490. The van der Waals surface area contributed by atoms with Crippen molar-refractivity contribution in [2.24, 2.45) is 0 Å². The fourth-order valence-electron chi connectivity index (χ4n) is 4.36. The molecule has 1 saturated heterocycles. The van der Waals surface area contributed by atoms with Crippen molar-refractivity contribution >= 4 is 22.5 Å².